The molecule has 0 radical (unpaired) electrons. The van der Waals surface area contributed by atoms with Crippen LogP contribution in [0.1, 0.15) is 24.5 Å². The van der Waals surface area contributed by atoms with E-state index in [2.05, 4.69) is 17.0 Å². The Kier molecular flexibility index (Phi) is 4.10. The molecule has 1 aromatic heterocycles. The standard InChI is InChI=1S/C21H22FNO2/c1-15-13-23(14-16-5-3-2-4-6-16)9-8-21(15,24)19-11-17(22)12-20-18(19)7-10-25-20/h2-7,10-12,15,24H,8-9,13-14H2,1H3. The predicted octanol–water partition coefficient (Wildman–Crippen LogP) is 4.30. The minimum atomic E-state index is -1.04. The number of rotatable bonds is 3. The molecular formula is C21H22FNO2. The van der Waals surface area contributed by atoms with Crippen molar-refractivity contribution >= 4 is 11.0 Å². The zero-order valence-electron chi connectivity index (χ0n) is 14.3. The maximum Gasteiger partial charge on any atom is 0.137 e. The van der Waals surface area contributed by atoms with E-state index in [9.17, 15) is 9.50 Å². The van der Waals surface area contributed by atoms with E-state index < -0.39 is 5.60 Å². The summed E-state index contributed by atoms with van der Waals surface area (Å²) in [6.45, 7) is 4.44. The number of aliphatic hydroxyl groups is 1. The van der Waals surface area contributed by atoms with Gasteiger partial charge in [0.05, 0.1) is 11.9 Å². The Hall–Kier alpha value is -2.17. The summed E-state index contributed by atoms with van der Waals surface area (Å²) in [5.74, 6) is -0.380. The molecule has 4 heteroatoms. The first-order valence-corrected chi connectivity index (χ1v) is 8.72. The van der Waals surface area contributed by atoms with Crippen LogP contribution in [-0.2, 0) is 12.1 Å². The Labute approximate surface area is 146 Å². The van der Waals surface area contributed by atoms with E-state index in [1.54, 1.807) is 6.26 Å². The van der Waals surface area contributed by atoms with E-state index in [0.717, 1.165) is 25.0 Å². The van der Waals surface area contributed by atoms with Gasteiger partial charge in [-0.1, -0.05) is 37.3 Å². The van der Waals surface area contributed by atoms with Crippen molar-refractivity contribution in [3.05, 3.63) is 71.7 Å². The molecule has 1 fully saturated rings. The summed E-state index contributed by atoms with van der Waals surface area (Å²) >= 11 is 0. The Morgan fingerprint density at radius 2 is 2.04 bits per heavy atom. The molecule has 2 aromatic carbocycles. The van der Waals surface area contributed by atoms with Gasteiger partial charge in [-0.15, -0.1) is 0 Å². The monoisotopic (exact) mass is 339 g/mol. The predicted molar refractivity (Wildman–Crippen MR) is 95.6 cm³/mol. The summed E-state index contributed by atoms with van der Waals surface area (Å²) in [5.41, 5.74) is 1.35. The summed E-state index contributed by atoms with van der Waals surface area (Å²) in [6, 6.07) is 15.0. The van der Waals surface area contributed by atoms with E-state index in [1.165, 1.54) is 17.7 Å². The van der Waals surface area contributed by atoms with Gasteiger partial charge in [-0.05, 0) is 29.7 Å². The lowest BCUT2D eigenvalue weighted by atomic mass is 9.75. The Morgan fingerprint density at radius 3 is 2.80 bits per heavy atom. The molecule has 2 atom stereocenters. The SMILES string of the molecule is CC1CN(Cc2ccccc2)CCC1(O)c1cc(F)cc2occc12. The molecule has 3 aromatic rings. The zero-order valence-corrected chi connectivity index (χ0v) is 14.3. The Bertz CT molecular complexity index is 876. The fourth-order valence-electron chi connectivity index (χ4n) is 3.99. The Balaban J connectivity index is 1.60. The van der Waals surface area contributed by atoms with Crippen LogP contribution >= 0.6 is 0 Å². The quantitative estimate of drug-likeness (QED) is 0.773. The van der Waals surface area contributed by atoms with Crippen molar-refractivity contribution in [1.82, 2.24) is 4.90 Å². The number of nitrogens with zero attached hydrogens (tertiary/aromatic N) is 1. The third-order valence-electron chi connectivity index (χ3n) is 5.41. The van der Waals surface area contributed by atoms with Crippen molar-refractivity contribution < 1.29 is 13.9 Å². The van der Waals surface area contributed by atoms with Gasteiger partial charge in [-0.3, -0.25) is 4.90 Å². The second-order valence-corrected chi connectivity index (χ2v) is 7.08. The third kappa shape index (κ3) is 2.96. The number of hydrogen-bond acceptors (Lipinski definition) is 3. The van der Waals surface area contributed by atoms with Gasteiger partial charge in [0.15, 0.2) is 0 Å². The summed E-state index contributed by atoms with van der Waals surface area (Å²) in [5, 5.41) is 12.2. The normalized spacial score (nSPS) is 24.7. The van der Waals surface area contributed by atoms with Crippen LogP contribution in [0.15, 0.2) is 59.2 Å². The maximum absolute atomic E-state index is 14.0. The van der Waals surface area contributed by atoms with Crippen molar-refractivity contribution in [3.8, 4) is 0 Å². The van der Waals surface area contributed by atoms with Gasteiger partial charge in [0.1, 0.15) is 11.4 Å². The fourth-order valence-corrected chi connectivity index (χ4v) is 3.99. The highest BCUT2D eigenvalue weighted by molar-refractivity contribution is 5.82. The lowest BCUT2D eigenvalue weighted by molar-refractivity contribution is -0.0719. The molecule has 1 saturated heterocycles. The topological polar surface area (TPSA) is 36.6 Å². The summed E-state index contributed by atoms with van der Waals surface area (Å²) in [4.78, 5) is 2.35. The van der Waals surface area contributed by atoms with E-state index >= 15 is 0 Å². The van der Waals surface area contributed by atoms with Gasteiger partial charge in [-0.25, -0.2) is 4.39 Å². The van der Waals surface area contributed by atoms with Crippen LogP contribution in [0.5, 0.6) is 0 Å². The largest absolute Gasteiger partial charge is 0.464 e. The number of likely N-dealkylation sites (tertiary alicyclic amines) is 1. The molecule has 0 spiro atoms. The molecule has 2 unspecified atom stereocenters. The van der Waals surface area contributed by atoms with Crippen LogP contribution in [0.2, 0.25) is 0 Å². The maximum atomic E-state index is 14.0. The minimum absolute atomic E-state index is 0.00939. The van der Waals surface area contributed by atoms with E-state index in [1.807, 2.05) is 31.2 Å². The number of fused-ring (bicyclic) bond motifs is 1. The van der Waals surface area contributed by atoms with Crippen molar-refractivity contribution in [2.45, 2.75) is 25.5 Å². The average molecular weight is 339 g/mol. The van der Waals surface area contributed by atoms with E-state index in [4.69, 9.17) is 4.42 Å². The lowest BCUT2D eigenvalue weighted by Gasteiger charge is -2.44. The molecule has 0 aliphatic carbocycles. The van der Waals surface area contributed by atoms with Gasteiger partial charge >= 0.3 is 0 Å². The van der Waals surface area contributed by atoms with Crippen molar-refractivity contribution in [1.29, 1.82) is 0 Å². The van der Waals surface area contributed by atoms with Crippen LogP contribution in [0.25, 0.3) is 11.0 Å². The molecular weight excluding hydrogens is 317 g/mol. The van der Waals surface area contributed by atoms with Crippen LogP contribution < -0.4 is 0 Å². The van der Waals surface area contributed by atoms with Crippen molar-refractivity contribution in [2.75, 3.05) is 13.1 Å². The van der Waals surface area contributed by atoms with Crippen LogP contribution in [0.3, 0.4) is 0 Å². The summed E-state index contributed by atoms with van der Waals surface area (Å²) < 4.78 is 19.4. The minimum Gasteiger partial charge on any atom is -0.464 e. The van der Waals surface area contributed by atoms with Gasteiger partial charge in [-0.2, -0.15) is 0 Å². The fraction of sp³-hybridized carbons (Fsp3) is 0.333. The third-order valence-corrected chi connectivity index (χ3v) is 5.41. The second-order valence-electron chi connectivity index (χ2n) is 7.08. The molecule has 130 valence electrons. The summed E-state index contributed by atoms with van der Waals surface area (Å²) in [7, 11) is 0. The molecule has 2 heterocycles. The molecule has 25 heavy (non-hydrogen) atoms. The van der Waals surface area contributed by atoms with Crippen molar-refractivity contribution in [2.24, 2.45) is 5.92 Å². The van der Waals surface area contributed by atoms with E-state index in [0.29, 0.717) is 17.6 Å². The average Bonchev–Trinajstić information content (AvgIpc) is 3.06. The number of benzene rings is 2. The highest BCUT2D eigenvalue weighted by Crippen LogP contribution is 2.41. The van der Waals surface area contributed by atoms with Gasteiger partial charge in [0.2, 0.25) is 0 Å². The number of piperidine rings is 1. The first-order chi connectivity index (χ1) is 12.1. The second kappa shape index (κ2) is 6.28. The molecule has 1 aliphatic rings. The van der Waals surface area contributed by atoms with Crippen LogP contribution in [-0.4, -0.2) is 23.1 Å². The number of furan rings is 1. The number of hydrogen-bond donors (Lipinski definition) is 1. The molecule has 4 rings (SSSR count). The molecule has 0 saturated carbocycles. The van der Waals surface area contributed by atoms with Crippen LogP contribution in [0.4, 0.5) is 4.39 Å². The Morgan fingerprint density at radius 1 is 1.24 bits per heavy atom. The molecule has 1 N–H and O–H groups in total. The lowest BCUT2D eigenvalue weighted by Crippen LogP contribution is -2.48. The van der Waals surface area contributed by atoms with Gasteiger partial charge in [0, 0.05) is 37.0 Å². The van der Waals surface area contributed by atoms with E-state index in [-0.39, 0.29) is 11.7 Å². The van der Waals surface area contributed by atoms with Crippen LogP contribution in [0, 0.1) is 11.7 Å². The van der Waals surface area contributed by atoms with Crippen molar-refractivity contribution in [3.63, 3.8) is 0 Å². The van der Waals surface area contributed by atoms with Gasteiger partial charge in [0.25, 0.3) is 0 Å². The highest BCUT2D eigenvalue weighted by Gasteiger charge is 2.41. The number of halogens is 1. The molecule has 0 amide bonds. The molecule has 0 bridgehead atoms. The zero-order chi connectivity index (χ0) is 17.4. The first kappa shape index (κ1) is 16.3. The summed E-state index contributed by atoms with van der Waals surface area (Å²) in [6.07, 6.45) is 2.12. The molecule has 3 nitrogen and oxygen atoms in total. The first-order valence-electron chi connectivity index (χ1n) is 8.72. The van der Waals surface area contributed by atoms with Gasteiger partial charge < -0.3 is 9.52 Å². The molecule has 1 aliphatic heterocycles. The smallest absolute Gasteiger partial charge is 0.137 e. The highest BCUT2D eigenvalue weighted by atomic mass is 19.1.